The molecule has 0 fully saturated rings. The molecule has 1 aliphatic carbocycles. The first-order chi connectivity index (χ1) is 25.1. The minimum atomic E-state index is -0.161. The summed E-state index contributed by atoms with van der Waals surface area (Å²) in [6, 6.07) is 42.9. The maximum absolute atomic E-state index is 4.68. The van der Waals surface area contributed by atoms with Crippen molar-refractivity contribution in [2.24, 2.45) is 0 Å². The van der Waals surface area contributed by atoms with Gasteiger partial charge in [-0.15, -0.1) is 89.0 Å². The van der Waals surface area contributed by atoms with Crippen molar-refractivity contribution in [3.05, 3.63) is 179 Å². The van der Waals surface area contributed by atoms with E-state index in [4.69, 9.17) is 0 Å². The zero-order valence-corrected chi connectivity index (χ0v) is 33.6. The van der Waals surface area contributed by atoms with E-state index in [2.05, 4.69) is 147 Å². The van der Waals surface area contributed by atoms with E-state index in [0.29, 0.717) is 0 Å². The molecule has 0 spiro atoms. The maximum Gasteiger partial charge on any atom is 3.00 e. The van der Waals surface area contributed by atoms with Crippen LogP contribution < -0.4 is 0 Å². The molecule has 4 aromatic carbocycles. The van der Waals surface area contributed by atoms with Crippen molar-refractivity contribution in [1.82, 2.24) is 19.9 Å². The molecule has 4 nitrogen and oxygen atoms in total. The number of fused-ring (bicyclic) bond motifs is 4. The van der Waals surface area contributed by atoms with Gasteiger partial charge >= 0.3 is 20.1 Å². The molecule has 0 atom stereocenters. The molecule has 0 N–H and O–H groups in total. The summed E-state index contributed by atoms with van der Waals surface area (Å²) in [5.41, 5.74) is 14.6. The van der Waals surface area contributed by atoms with Gasteiger partial charge in [0.1, 0.15) is 0 Å². The van der Waals surface area contributed by atoms with Crippen LogP contribution in [0.4, 0.5) is 0 Å². The fourth-order valence-electron chi connectivity index (χ4n) is 6.64. The molecule has 5 heteroatoms. The van der Waals surface area contributed by atoms with E-state index in [1.54, 1.807) is 0 Å². The molecule has 0 saturated heterocycles. The molecule has 262 valence electrons. The van der Waals surface area contributed by atoms with Gasteiger partial charge in [0, 0.05) is 18.6 Å². The number of pyridine rings is 4. The smallest absolute Gasteiger partial charge is 0.356 e. The van der Waals surface area contributed by atoms with Crippen molar-refractivity contribution >= 4 is 21.5 Å². The zero-order chi connectivity index (χ0) is 36.4. The van der Waals surface area contributed by atoms with Crippen LogP contribution in [0.5, 0.6) is 0 Å². The first-order valence-electron chi connectivity index (χ1n) is 17.6. The molecular formula is C48H41IrN4. The Bertz CT molecular complexity index is 2540. The number of aromatic nitrogens is 4. The molecule has 8 aromatic rings. The summed E-state index contributed by atoms with van der Waals surface area (Å²) in [7, 11) is 0. The third-order valence-corrected chi connectivity index (χ3v) is 9.99. The van der Waals surface area contributed by atoms with Crippen LogP contribution in [0.1, 0.15) is 52.9 Å². The van der Waals surface area contributed by atoms with Crippen molar-refractivity contribution in [1.29, 1.82) is 0 Å². The predicted octanol–water partition coefficient (Wildman–Crippen LogP) is 11.5. The van der Waals surface area contributed by atoms with Crippen LogP contribution >= 0.6 is 0 Å². The van der Waals surface area contributed by atoms with Gasteiger partial charge in [0.05, 0.1) is 0 Å². The molecule has 4 heterocycles. The summed E-state index contributed by atoms with van der Waals surface area (Å²) < 4.78 is 0. The molecule has 1 aliphatic rings. The van der Waals surface area contributed by atoms with Crippen LogP contribution in [0.25, 0.3) is 55.3 Å². The summed E-state index contributed by atoms with van der Waals surface area (Å²) >= 11 is 0. The van der Waals surface area contributed by atoms with Crippen LogP contribution in [-0.4, -0.2) is 19.9 Å². The third-order valence-electron chi connectivity index (χ3n) is 9.99. The van der Waals surface area contributed by atoms with Crippen LogP contribution in [0.15, 0.2) is 122 Å². The standard InChI is InChI=1S/C21H15N2.C14H14N.C13H12N.Ir/c1-21(2)17-12-13-6-3-4-7-14(13)15-9-11-22-19(18(15)17)16-8-5-10-23-20(16)21;1-10-4-6-13(7-5-10)14-8-11(2)12(3)9-15-14;1-10-8-13(14-9-11(10)2)12-6-4-3-5-7-12;/h3-7,9-12H,1-2H3;4-6,8-9H,1-3H3;3-6,8-9H,1-2H3;/q3*-1;+3. The molecule has 9 rings (SSSR count). The largest absolute Gasteiger partial charge is 3.00 e. The topological polar surface area (TPSA) is 51.6 Å². The van der Waals surface area contributed by atoms with Crippen LogP contribution in [0, 0.1) is 52.8 Å². The summed E-state index contributed by atoms with van der Waals surface area (Å²) in [6.45, 7) is 14.9. The molecule has 0 amide bonds. The van der Waals surface area contributed by atoms with Gasteiger partial charge in [-0.25, -0.2) is 0 Å². The Morgan fingerprint density at radius 1 is 0.566 bits per heavy atom. The van der Waals surface area contributed by atoms with Gasteiger partial charge in [0.25, 0.3) is 0 Å². The fourth-order valence-corrected chi connectivity index (χ4v) is 6.64. The van der Waals surface area contributed by atoms with E-state index >= 15 is 0 Å². The van der Waals surface area contributed by atoms with Crippen molar-refractivity contribution in [3.8, 4) is 33.8 Å². The summed E-state index contributed by atoms with van der Waals surface area (Å²) in [5.74, 6) is 0. The molecule has 0 radical (unpaired) electrons. The summed E-state index contributed by atoms with van der Waals surface area (Å²) in [4.78, 5) is 18.1. The van der Waals surface area contributed by atoms with Gasteiger partial charge < -0.3 is 19.9 Å². The molecule has 0 unspecified atom stereocenters. The van der Waals surface area contributed by atoms with Crippen molar-refractivity contribution in [3.63, 3.8) is 0 Å². The Kier molecular flexibility index (Phi) is 11.1. The first-order valence-corrected chi connectivity index (χ1v) is 17.6. The van der Waals surface area contributed by atoms with E-state index in [0.717, 1.165) is 39.5 Å². The molecule has 4 aromatic heterocycles. The van der Waals surface area contributed by atoms with Crippen molar-refractivity contribution in [2.75, 3.05) is 0 Å². The molecule has 0 bridgehead atoms. The summed E-state index contributed by atoms with van der Waals surface area (Å²) in [6.07, 6.45) is 7.55. The Labute approximate surface area is 326 Å². The van der Waals surface area contributed by atoms with Gasteiger partial charge in [0.2, 0.25) is 0 Å². The Balaban J connectivity index is 0.000000141. The molecular weight excluding hydrogens is 825 g/mol. The number of benzene rings is 4. The number of hydrogen-bond donors (Lipinski definition) is 0. The Morgan fingerprint density at radius 2 is 1.25 bits per heavy atom. The second-order valence-corrected chi connectivity index (χ2v) is 14.0. The van der Waals surface area contributed by atoms with Gasteiger partial charge in [0.15, 0.2) is 0 Å². The number of aryl methyl sites for hydroxylation is 5. The third kappa shape index (κ3) is 7.60. The second-order valence-electron chi connectivity index (χ2n) is 14.0. The Morgan fingerprint density at radius 3 is 1.89 bits per heavy atom. The van der Waals surface area contributed by atoms with E-state index < -0.39 is 0 Å². The molecule has 0 aliphatic heterocycles. The van der Waals surface area contributed by atoms with Crippen molar-refractivity contribution in [2.45, 2.75) is 53.9 Å². The van der Waals surface area contributed by atoms with Crippen molar-refractivity contribution < 1.29 is 20.1 Å². The average molecular weight is 866 g/mol. The van der Waals surface area contributed by atoms with Crippen LogP contribution in [-0.2, 0) is 25.5 Å². The predicted molar refractivity (Wildman–Crippen MR) is 214 cm³/mol. The van der Waals surface area contributed by atoms with E-state index in [1.165, 1.54) is 54.9 Å². The van der Waals surface area contributed by atoms with E-state index in [-0.39, 0.29) is 25.5 Å². The second kappa shape index (κ2) is 15.7. The minimum absolute atomic E-state index is 0. The van der Waals surface area contributed by atoms with Gasteiger partial charge in [-0.2, -0.15) is 0 Å². The first kappa shape index (κ1) is 37.4. The van der Waals surface area contributed by atoms with E-state index in [1.807, 2.05) is 61.2 Å². The van der Waals surface area contributed by atoms with Gasteiger partial charge in [-0.05, 0) is 100 Å². The molecule has 53 heavy (non-hydrogen) atoms. The van der Waals surface area contributed by atoms with E-state index in [9.17, 15) is 0 Å². The quantitative estimate of drug-likeness (QED) is 0.128. The van der Waals surface area contributed by atoms with Gasteiger partial charge in [-0.3, -0.25) is 0 Å². The monoisotopic (exact) mass is 866 g/mol. The maximum atomic E-state index is 4.68. The average Bonchev–Trinajstić information content (AvgIpc) is 3.17. The minimum Gasteiger partial charge on any atom is -0.356 e. The fraction of sp³-hybridized carbons (Fsp3) is 0.167. The Hall–Kier alpha value is -5.35. The SMILES string of the molecule is CC1(C)c2ncc[c-]c2-c2nccc3c2c1cc1ccccc13.Cc1c[c-]c(-c2cc(C)c(C)cn2)cc1.Cc1cnc(-c2[c-]cccc2)cc1C.[Ir+3]. The van der Waals surface area contributed by atoms with Crippen LogP contribution in [0.2, 0.25) is 0 Å². The van der Waals surface area contributed by atoms with Gasteiger partial charge in [-0.1, -0.05) is 80.6 Å². The number of rotatable bonds is 2. The molecule has 0 saturated carbocycles. The number of hydrogen-bond acceptors (Lipinski definition) is 4. The normalized spacial score (nSPS) is 12.1. The number of nitrogens with zero attached hydrogens (tertiary/aromatic N) is 4. The zero-order valence-electron chi connectivity index (χ0n) is 31.2. The summed E-state index contributed by atoms with van der Waals surface area (Å²) in [5, 5.41) is 5.05. The van der Waals surface area contributed by atoms with Crippen LogP contribution in [0.3, 0.4) is 0 Å².